The van der Waals surface area contributed by atoms with Crippen LogP contribution in [0.1, 0.15) is 22.3 Å². The van der Waals surface area contributed by atoms with Crippen molar-refractivity contribution >= 4 is 17.1 Å². The number of fused-ring (bicyclic) bond motifs is 9. The van der Waals surface area contributed by atoms with Gasteiger partial charge >= 0.3 is 0 Å². The smallest absolute Gasteiger partial charge is 0.132 e. The van der Waals surface area contributed by atoms with Gasteiger partial charge in [0.05, 0.1) is 5.41 Å². The molecule has 0 fully saturated rings. The molecule has 0 atom stereocenters. The van der Waals surface area contributed by atoms with Gasteiger partial charge < -0.3 is 9.64 Å². The molecule has 1 aliphatic heterocycles. The summed E-state index contributed by atoms with van der Waals surface area (Å²) in [5, 5.41) is 0. The molecule has 0 bridgehead atoms. The molecule has 2 aliphatic rings. The molecular formula is C55H37NO. The van der Waals surface area contributed by atoms with E-state index in [1.54, 1.807) is 0 Å². The minimum Gasteiger partial charge on any atom is -0.457 e. The van der Waals surface area contributed by atoms with Crippen LogP contribution in [0.3, 0.4) is 0 Å². The average Bonchev–Trinajstić information content (AvgIpc) is 3.57. The second kappa shape index (κ2) is 13.4. The third kappa shape index (κ3) is 5.26. The lowest BCUT2D eigenvalue weighted by molar-refractivity contribution is 0.436. The Morgan fingerprint density at radius 3 is 1.28 bits per heavy atom. The summed E-state index contributed by atoms with van der Waals surface area (Å²) in [6, 6.07) is 81.0. The van der Waals surface area contributed by atoms with E-state index >= 15 is 0 Å². The highest BCUT2D eigenvalue weighted by Gasteiger charge is 2.51. The van der Waals surface area contributed by atoms with Crippen LogP contribution >= 0.6 is 0 Å². The first-order chi connectivity index (χ1) is 28.3. The third-order valence-corrected chi connectivity index (χ3v) is 11.8. The van der Waals surface area contributed by atoms with E-state index in [-0.39, 0.29) is 0 Å². The highest BCUT2D eigenvalue weighted by Crippen LogP contribution is 2.62. The van der Waals surface area contributed by atoms with E-state index in [1.807, 2.05) is 0 Å². The second-order valence-electron chi connectivity index (χ2n) is 14.8. The molecule has 0 radical (unpaired) electrons. The molecule has 57 heavy (non-hydrogen) atoms. The van der Waals surface area contributed by atoms with Gasteiger partial charge in [0.2, 0.25) is 0 Å². The molecule has 0 saturated carbocycles. The van der Waals surface area contributed by atoms with Gasteiger partial charge in [0, 0.05) is 28.2 Å². The van der Waals surface area contributed by atoms with Gasteiger partial charge in [0.15, 0.2) is 0 Å². The van der Waals surface area contributed by atoms with Crippen molar-refractivity contribution in [2.75, 3.05) is 4.90 Å². The first-order valence-corrected chi connectivity index (χ1v) is 19.6. The maximum Gasteiger partial charge on any atom is 0.132 e. The summed E-state index contributed by atoms with van der Waals surface area (Å²) in [5.41, 5.74) is 17.3. The van der Waals surface area contributed by atoms with Crippen LogP contribution in [0, 0.1) is 0 Å². The van der Waals surface area contributed by atoms with Crippen molar-refractivity contribution in [2.24, 2.45) is 0 Å². The van der Waals surface area contributed by atoms with E-state index in [1.165, 1.54) is 55.6 Å². The normalized spacial score (nSPS) is 12.8. The first-order valence-electron chi connectivity index (χ1n) is 19.6. The molecule has 0 aromatic heterocycles. The van der Waals surface area contributed by atoms with Crippen molar-refractivity contribution in [1.82, 2.24) is 0 Å². The Labute approximate surface area is 333 Å². The monoisotopic (exact) mass is 727 g/mol. The van der Waals surface area contributed by atoms with Gasteiger partial charge in [-0.3, -0.25) is 0 Å². The highest BCUT2D eigenvalue weighted by atomic mass is 16.5. The number of nitrogens with zero attached hydrogens (tertiary/aromatic N) is 1. The van der Waals surface area contributed by atoms with E-state index < -0.39 is 5.41 Å². The van der Waals surface area contributed by atoms with E-state index in [0.29, 0.717) is 0 Å². The Balaban J connectivity index is 1.10. The zero-order valence-corrected chi connectivity index (χ0v) is 31.2. The summed E-state index contributed by atoms with van der Waals surface area (Å²) >= 11 is 0. The maximum atomic E-state index is 6.63. The van der Waals surface area contributed by atoms with Crippen LogP contribution in [0.2, 0.25) is 0 Å². The molecule has 0 amide bonds. The summed E-state index contributed by atoms with van der Waals surface area (Å²) < 4.78 is 6.63. The minimum absolute atomic E-state index is 0.554. The van der Waals surface area contributed by atoms with Gasteiger partial charge in [-0.25, -0.2) is 0 Å². The van der Waals surface area contributed by atoms with E-state index in [0.717, 1.165) is 39.7 Å². The molecule has 0 saturated heterocycles. The van der Waals surface area contributed by atoms with Gasteiger partial charge in [0.25, 0.3) is 0 Å². The van der Waals surface area contributed by atoms with Gasteiger partial charge in [-0.1, -0.05) is 176 Å². The lowest BCUT2D eigenvalue weighted by Gasteiger charge is -2.39. The van der Waals surface area contributed by atoms with Gasteiger partial charge in [0.1, 0.15) is 11.5 Å². The van der Waals surface area contributed by atoms with Crippen LogP contribution in [0.5, 0.6) is 11.5 Å². The van der Waals surface area contributed by atoms with Gasteiger partial charge in [-0.2, -0.15) is 0 Å². The second-order valence-corrected chi connectivity index (χ2v) is 14.8. The maximum absolute atomic E-state index is 6.63. The molecule has 1 aliphatic carbocycles. The average molecular weight is 728 g/mol. The summed E-state index contributed by atoms with van der Waals surface area (Å²) in [6.07, 6.45) is 0. The number of ether oxygens (including phenoxy) is 1. The van der Waals surface area contributed by atoms with Crippen LogP contribution in [0.25, 0.3) is 44.5 Å². The fourth-order valence-electron chi connectivity index (χ4n) is 9.26. The molecule has 1 heterocycles. The number of hydrogen-bond acceptors (Lipinski definition) is 2. The molecule has 0 unspecified atom stereocenters. The molecule has 11 rings (SSSR count). The van der Waals surface area contributed by atoms with Gasteiger partial charge in [-0.15, -0.1) is 0 Å². The van der Waals surface area contributed by atoms with Crippen molar-refractivity contribution in [3.05, 3.63) is 247 Å². The molecule has 268 valence electrons. The van der Waals surface area contributed by atoms with Crippen molar-refractivity contribution in [3.8, 4) is 56.0 Å². The minimum atomic E-state index is -0.554. The largest absolute Gasteiger partial charge is 0.457 e. The molecular weight excluding hydrogens is 691 g/mol. The number of rotatable bonds is 6. The summed E-state index contributed by atoms with van der Waals surface area (Å²) in [7, 11) is 0. The quantitative estimate of drug-likeness (QED) is 0.169. The summed E-state index contributed by atoms with van der Waals surface area (Å²) in [4.78, 5) is 2.40. The molecule has 2 heteroatoms. The van der Waals surface area contributed by atoms with Crippen molar-refractivity contribution in [1.29, 1.82) is 0 Å². The van der Waals surface area contributed by atoms with Crippen LogP contribution in [0.15, 0.2) is 224 Å². The molecule has 0 N–H and O–H groups in total. The standard InChI is InChI=1S/C55H37NO/c1-3-15-38(16-4-1)39-27-31-42(32-28-39)56(43-33-29-41(30-34-43)46-20-8-7-19-45(46)40-17-5-2-6-18-40)44-35-36-48-47-21-9-10-22-49(47)55(52(48)37-44)50-23-11-13-25-53(50)57-54-26-14-12-24-51(54)55/h1-37H. The third-order valence-electron chi connectivity index (χ3n) is 11.8. The lowest BCUT2D eigenvalue weighted by atomic mass is 9.66. The van der Waals surface area contributed by atoms with E-state index in [9.17, 15) is 0 Å². The van der Waals surface area contributed by atoms with Crippen molar-refractivity contribution in [2.45, 2.75) is 5.41 Å². The summed E-state index contributed by atoms with van der Waals surface area (Å²) in [5.74, 6) is 1.79. The number of para-hydroxylation sites is 2. The van der Waals surface area contributed by atoms with Crippen molar-refractivity contribution < 1.29 is 4.74 Å². The topological polar surface area (TPSA) is 12.5 Å². The van der Waals surface area contributed by atoms with E-state index in [2.05, 4.69) is 229 Å². The summed E-state index contributed by atoms with van der Waals surface area (Å²) in [6.45, 7) is 0. The zero-order valence-electron chi connectivity index (χ0n) is 31.2. The zero-order chi connectivity index (χ0) is 37.8. The fourth-order valence-corrected chi connectivity index (χ4v) is 9.26. The number of benzene rings is 9. The predicted octanol–water partition coefficient (Wildman–Crippen LogP) is 14.6. The Morgan fingerprint density at radius 2 is 0.684 bits per heavy atom. The first kappa shape index (κ1) is 33.0. The van der Waals surface area contributed by atoms with Crippen LogP contribution in [-0.4, -0.2) is 0 Å². The van der Waals surface area contributed by atoms with Crippen molar-refractivity contribution in [3.63, 3.8) is 0 Å². The molecule has 1 spiro atoms. The van der Waals surface area contributed by atoms with Crippen LogP contribution < -0.4 is 9.64 Å². The number of anilines is 3. The number of hydrogen-bond donors (Lipinski definition) is 0. The molecule has 2 nitrogen and oxygen atoms in total. The van der Waals surface area contributed by atoms with Crippen LogP contribution in [-0.2, 0) is 5.41 Å². The Kier molecular flexibility index (Phi) is 7.75. The van der Waals surface area contributed by atoms with Crippen LogP contribution in [0.4, 0.5) is 17.1 Å². The predicted molar refractivity (Wildman–Crippen MR) is 235 cm³/mol. The Bertz CT molecular complexity index is 2870. The molecule has 9 aromatic carbocycles. The lowest BCUT2D eigenvalue weighted by Crippen LogP contribution is -2.32. The van der Waals surface area contributed by atoms with E-state index in [4.69, 9.17) is 4.74 Å². The highest BCUT2D eigenvalue weighted by molar-refractivity contribution is 5.92. The Hall–Kier alpha value is -7.42. The SMILES string of the molecule is c1ccc(-c2ccc(N(c3ccc(-c4ccccc4-c4ccccc4)cc3)c3ccc4c(c3)C3(c5ccccc5Oc5ccccc53)c3ccccc3-4)cc2)cc1. The molecule has 9 aromatic rings. The Morgan fingerprint density at radius 1 is 0.281 bits per heavy atom. The van der Waals surface area contributed by atoms with Gasteiger partial charge in [-0.05, 0) is 104 Å². The fraction of sp³-hybridized carbons (Fsp3) is 0.0182.